The molecule has 0 unspecified atom stereocenters. The molecule has 2 aromatic rings. The van der Waals surface area contributed by atoms with Gasteiger partial charge in [0.1, 0.15) is 5.75 Å². The first-order valence-electron chi connectivity index (χ1n) is 7.79. The summed E-state index contributed by atoms with van der Waals surface area (Å²) in [6, 6.07) is 12.5. The zero-order valence-corrected chi connectivity index (χ0v) is 13.3. The third kappa shape index (κ3) is 4.85. The summed E-state index contributed by atoms with van der Waals surface area (Å²) in [5.74, 6) is 1.47. The van der Waals surface area contributed by atoms with E-state index in [0.717, 1.165) is 37.6 Å². The van der Waals surface area contributed by atoms with Gasteiger partial charge in [-0.05, 0) is 36.6 Å². The predicted octanol–water partition coefficient (Wildman–Crippen LogP) is 4.55. The molecular formula is C18H26N2O. The topological polar surface area (TPSA) is 26.2 Å². The van der Waals surface area contributed by atoms with Crippen molar-refractivity contribution in [1.82, 2.24) is 4.57 Å². The van der Waals surface area contributed by atoms with Gasteiger partial charge in [-0.3, -0.25) is 0 Å². The van der Waals surface area contributed by atoms with Gasteiger partial charge in [0.15, 0.2) is 0 Å². The molecule has 3 nitrogen and oxygen atoms in total. The van der Waals surface area contributed by atoms with Gasteiger partial charge in [-0.15, -0.1) is 0 Å². The van der Waals surface area contributed by atoms with E-state index in [2.05, 4.69) is 61.1 Å². The van der Waals surface area contributed by atoms with Gasteiger partial charge in [-0.2, -0.15) is 0 Å². The minimum absolute atomic E-state index is 0.541. The van der Waals surface area contributed by atoms with Crippen molar-refractivity contribution in [3.63, 3.8) is 0 Å². The summed E-state index contributed by atoms with van der Waals surface area (Å²) in [4.78, 5) is 0. The van der Waals surface area contributed by atoms with E-state index in [1.165, 1.54) is 5.69 Å². The lowest BCUT2D eigenvalue weighted by Gasteiger charge is -2.12. The molecule has 0 atom stereocenters. The molecule has 21 heavy (non-hydrogen) atoms. The molecule has 0 radical (unpaired) electrons. The second-order valence-corrected chi connectivity index (χ2v) is 5.78. The lowest BCUT2D eigenvalue weighted by molar-refractivity contribution is 0.271. The minimum atomic E-state index is 0.541. The number of aryl methyl sites for hydroxylation is 1. The zero-order valence-electron chi connectivity index (χ0n) is 13.3. The van der Waals surface area contributed by atoms with E-state index < -0.39 is 0 Å². The van der Waals surface area contributed by atoms with Gasteiger partial charge in [0.05, 0.1) is 13.2 Å². The van der Waals surface area contributed by atoms with Crippen molar-refractivity contribution in [2.24, 2.45) is 5.92 Å². The first kappa shape index (κ1) is 15.5. The van der Waals surface area contributed by atoms with Gasteiger partial charge in [-0.25, -0.2) is 0 Å². The Hall–Kier alpha value is -1.90. The van der Waals surface area contributed by atoms with Crippen LogP contribution < -0.4 is 10.1 Å². The number of benzene rings is 1. The summed E-state index contributed by atoms with van der Waals surface area (Å²) in [6.45, 7) is 9.17. The monoisotopic (exact) mass is 286 g/mol. The summed E-state index contributed by atoms with van der Waals surface area (Å²) in [5, 5.41) is 3.47. The number of ether oxygens (including phenoxy) is 1. The highest BCUT2D eigenvalue weighted by atomic mass is 16.5. The van der Waals surface area contributed by atoms with Crippen molar-refractivity contribution in [2.75, 3.05) is 11.9 Å². The van der Waals surface area contributed by atoms with Crippen LogP contribution in [0.2, 0.25) is 0 Å². The maximum atomic E-state index is 5.76. The Balaban J connectivity index is 1.93. The SMILES string of the molecule is CCCn1cccc1CNc1cccc(OCC(C)C)c1. The first-order chi connectivity index (χ1) is 10.2. The van der Waals surface area contributed by atoms with Crippen LogP contribution in [0.5, 0.6) is 5.75 Å². The average Bonchev–Trinajstić information content (AvgIpc) is 2.91. The lowest BCUT2D eigenvalue weighted by atomic mass is 10.2. The Morgan fingerprint density at radius 1 is 1.19 bits per heavy atom. The Morgan fingerprint density at radius 3 is 2.81 bits per heavy atom. The van der Waals surface area contributed by atoms with Crippen LogP contribution in [0, 0.1) is 5.92 Å². The lowest BCUT2D eigenvalue weighted by Crippen LogP contribution is -2.07. The summed E-state index contributed by atoms with van der Waals surface area (Å²) < 4.78 is 8.06. The number of rotatable bonds is 8. The normalized spacial score (nSPS) is 10.9. The molecule has 3 heteroatoms. The minimum Gasteiger partial charge on any atom is -0.493 e. The van der Waals surface area contributed by atoms with Crippen molar-refractivity contribution >= 4 is 5.69 Å². The van der Waals surface area contributed by atoms with E-state index in [1.54, 1.807) is 0 Å². The first-order valence-corrected chi connectivity index (χ1v) is 7.79. The van der Waals surface area contributed by atoms with E-state index in [1.807, 2.05) is 12.1 Å². The second-order valence-electron chi connectivity index (χ2n) is 5.78. The number of hydrogen-bond acceptors (Lipinski definition) is 2. The number of hydrogen-bond donors (Lipinski definition) is 1. The molecule has 0 aliphatic rings. The van der Waals surface area contributed by atoms with E-state index >= 15 is 0 Å². The molecule has 0 aliphatic carbocycles. The van der Waals surface area contributed by atoms with Gasteiger partial charge in [0, 0.05) is 30.2 Å². The molecule has 1 aromatic carbocycles. The number of anilines is 1. The van der Waals surface area contributed by atoms with Crippen LogP contribution >= 0.6 is 0 Å². The smallest absolute Gasteiger partial charge is 0.121 e. The number of nitrogens with zero attached hydrogens (tertiary/aromatic N) is 1. The zero-order chi connectivity index (χ0) is 15.1. The molecule has 0 saturated heterocycles. The number of nitrogens with one attached hydrogen (secondary N) is 1. The van der Waals surface area contributed by atoms with Crippen molar-refractivity contribution in [3.8, 4) is 5.75 Å². The molecule has 0 bridgehead atoms. The van der Waals surface area contributed by atoms with Crippen LogP contribution in [0.4, 0.5) is 5.69 Å². The van der Waals surface area contributed by atoms with Crippen molar-refractivity contribution in [2.45, 2.75) is 40.3 Å². The van der Waals surface area contributed by atoms with Crippen LogP contribution in [-0.2, 0) is 13.1 Å². The Labute approximate surface area is 127 Å². The fourth-order valence-corrected chi connectivity index (χ4v) is 2.22. The molecule has 0 spiro atoms. The molecule has 1 aromatic heterocycles. The summed E-state index contributed by atoms with van der Waals surface area (Å²) in [6.07, 6.45) is 3.29. The Bertz CT molecular complexity index is 546. The maximum absolute atomic E-state index is 5.76. The molecule has 0 amide bonds. The Kier molecular flexibility index (Phi) is 5.73. The van der Waals surface area contributed by atoms with Crippen LogP contribution in [0.15, 0.2) is 42.6 Å². The highest BCUT2D eigenvalue weighted by Gasteiger charge is 2.02. The van der Waals surface area contributed by atoms with E-state index in [4.69, 9.17) is 4.74 Å². The summed E-state index contributed by atoms with van der Waals surface area (Å²) in [7, 11) is 0. The highest BCUT2D eigenvalue weighted by molar-refractivity contribution is 5.48. The van der Waals surface area contributed by atoms with Gasteiger partial charge in [0.2, 0.25) is 0 Å². The largest absolute Gasteiger partial charge is 0.493 e. The van der Waals surface area contributed by atoms with Crippen LogP contribution in [0.3, 0.4) is 0 Å². The summed E-state index contributed by atoms with van der Waals surface area (Å²) >= 11 is 0. The van der Waals surface area contributed by atoms with Gasteiger partial charge >= 0.3 is 0 Å². The van der Waals surface area contributed by atoms with E-state index in [9.17, 15) is 0 Å². The highest BCUT2D eigenvalue weighted by Crippen LogP contribution is 2.19. The van der Waals surface area contributed by atoms with Gasteiger partial charge in [-0.1, -0.05) is 26.8 Å². The third-order valence-corrected chi connectivity index (χ3v) is 3.28. The molecular weight excluding hydrogens is 260 g/mol. The molecule has 0 aliphatic heterocycles. The molecule has 0 fully saturated rings. The van der Waals surface area contributed by atoms with Crippen molar-refractivity contribution < 1.29 is 4.74 Å². The molecule has 1 heterocycles. The van der Waals surface area contributed by atoms with E-state index in [-0.39, 0.29) is 0 Å². The molecule has 0 saturated carbocycles. The molecule has 114 valence electrons. The quantitative estimate of drug-likeness (QED) is 0.770. The standard InChI is InChI=1S/C18H26N2O/c1-4-10-20-11-6-8-17(20)13-19-16-7-5-9-18(12-16)21-14-15(2)3/h5-9,11-12,15,19H,4,10,13-14H2,1-3H3. The maximum Gasteiger partial charge on any atom is 0.121 e. The van der Waals surface area contributed by atoms with Crippen LogP contribution in [0.1, 0.15) is 32.9 Å². The van der Waals surface area contributed by atoms with E-state index in [0.29, 0.717) is 5.92 Å². The second kappa shape index (κ2) is 7.77. The fourth-order valence-electron chi connectivity index (χ4n) is 2.22. The van der Waals surface area contributed by atoms with Crippen LogP contribution in [-0.4, -0.2) is 11.2 Å². The Morgan fingerprint density at radius 2 is 2.05 bits per heavy atom. The third-order valence-electron chi connectivity index (χ3n) is 3.28. The van der Waals surface area contributed by atoms with Gasteiger partial charge < -0.3 is 14.6 Å². The predicted molar refractivity (Wildman–Crippen MR) is 88.8 cm³/mol. The fraction of sp³-hybridized carbons (Fsp3) is 0.444. The average molecular weight is 286 g/mol. The van der Waals surface area contributed by atoms with Gasteiger partial charge in [0.25, 0.3) is 0 Å². The van der Waals surface area contributed by atoms with Crippen LogP contribution in [0.25, 0.3) is 0 Å². The number of aromatic nitrogens is 1. The molecule has 2 rings (SSSR count). The van der Waals surface area contributed by atoms with Crippen molar-refractivity contribution in [3.05, 3.63) is 48.3 Å². The van der Waals surface area contributed by atoms with Crippen molar-refractivity contribution in [1.29, 1.82) is 0 Å². The summed E-state index contributed by atoms with van der Waals surface area (Å²) in [5.41, 5.74) is 2.41. The molecule has 1 N–H and O–H groups in total.